The number of rotatable bonds is 6. The third-order valence-electron chi connectivity index (χ3n) is 5.56. The average molecular weight is 421 g/mol. The van der Waals surface area contributed by atoms with Crippen molar-refractivity contribution in [3.63, 3.8) is 0 Å². The topological polar surface area (TPSA) is 75.3 Å². The molecule has 8 heteroatoms. The smallest absolute Gasteiger partial charge is 0.277 e. The fourth-order valence-electron chi connectivity index (χ4n) is 3.48. The lowest BCUT2D eigenvalue weighted by molar-refractivity contribution is -0.896. The van der Waals surface area contributed by atoms with Crippen LogP contribution in [0.3, 0.4) is 0 Å². The van der Waals surface area contributed by atoms with Crippen LogP contribution in [0.15, 0.2) is 39.6 Å². The normalized spacial score (nSPS) is 16.1. The van der Waals surface area contributed by atoms with Crippen molar-refractivity contribution in [1.82, 2.24) is 9.21 Å². The number of sulfonamides is 1. The largest absolute Gasteiger partial charge is 0.464 e. The standard InChI is InChI=1S/C21H29N3O4S/c1-16-5-8-20(13-17(16)2)29(26,27)24-11-9-23(10-12-24)15-21(25)22(4)14-19-7-6-18(3)28-19/h5-8,13H,9-12,14-15H2,1-4H3/p+1. The van der Waals surface area contributed by atoms with E-state index in [1.807, 2.05) is 39.0 Å². The molecular weight excluding hydrogens is 390 g/mol. The lowest BCUT2D eigenvalue weighted by atomic mass is 10.1. The number of likely N-dealkylation sites (N-methyl/N-ethyl adjacent to an activating group) is 1. The van der Waals surface area contributed by atoms with Crippen molar-refractivity contribution >= 4 is 15.9 Å². The second kappa shape index (κ2) is 8.69. The third kappa shape index (κ3) is 5.07. The maximum Gasteiger partial charge on any atom is 0.277 e. The number of nitrogens with zero attached hydrogens (tertiary/aromatic N) is 2. The molecule has 1 aliphatic rings. The van der Waals surface area contributed by atoms with Crippen molar-refractivity contribution in [2.45, 2.75) is 32.2 Å². The molecule has 158 valence electrons. The molecule has 1 amide bonds. The number of amides is 1. The number of piperazine rings is 1. The Bertz CT molecular complexity index is 976. The summed E-state index contributed by atoms with van der Waals surface area (Å²) >= 11 is 0. The molecule has 7 nitrogen and oxygen atoms in total. The zero-order chi connectivity index (χ0) is 21.2. The molecule has 1 aromatic heterocycles. The van der Waals surface area contributed by atoms with Gasteiger partial charge in [0.25, 0.3) is 5.91 Å². The van der Waals surface area contributed by atoms with Gasteiger partial charge in [-0.15, -0.1) is 0 Å². The number of nitrogens with one attached hydrogen (secondary N) is 1. The maximum absolute atomic E-state index is 12.9. The van der Waals surface area contributed by atoms with Crippen LogP contribution in [0, 0.1) is 20.8 Å². The molecule has 0 atom stereocenters. The summed E-state index contributed by atoms with van der Waals surface area (Å²) in [5.41, 5.74) is 2.04. The first-order chi connectivity index (χ1) is 13.7. The van der Waals surface area contributed by atoms with E-state index in [4.69, 9.17) is 4.42 Å². The molecule has 2 aromatic rings. The van der Waals surface area contributed by atoms with Crippen LogP contribution < -0.4 is 4.90 Å². The predicted molar refractivity (Wildman–Crippen MR) is 110 cm³/mol. The fraction of sp³-hybridized carbons (Fsp3) is 0.476. The van der Waals surface area contributed by atoms with Gasteiger partial charge in [-0.2, -0.15) is 4.31 Å². The Morgan fingerprint density at radius 1 is 1.10 bits per heavy atom. The third-order valence-corrected chi connectivity index (χ3v) is 7.46. The Morgan fingerprint density at radius 2 is 1.79 bits per heavy atom. The first-order valence-corrected chi connectivity index (χ1v) is 11.3. The van der Waals surface area contributed by atoms with Crippen LogP contribution in [-0.2, 0) is 21.4 Å². The van der Waals surface area contributed by atoms with Crippen molar-refractivity contribution in [1.29, 1.82) is 0 Å². The Balaban J connectivity index is 1.54. The van der Waals surface area contributed by atoms with E-state index in [-0.39, 0.29) is 5.91 Å². The lowest BCUT2D eigenvalue weighted by Gasteiger charge is -2.32. The molecule has 0 saturated carbocycles. The van der Waals surface area contributed by atoms with Crippen molar-refractivity contribution in [3.8, 4) is 0 Å². The Labute approximate surface area is 172 Å². The van der Waals surface area contributed by atoms with Gasteiger partial charge >= 0.3 is 0 Å². The second-order valence-electron chi connectivity index (χ2n) is 7.84. The molecule has 1 saturated heterocycles. The SMILES string of the molecule is Cc1ccc(CN(C)C(=O)C[NH+]2CCN(S(=O)(=O)c3ccc(C)c(C)c3)CC2)o1. The van der Waals surface area contributed by atoms with Crippen molar-refractivity contribution in [2.24, 2.45) is 0 Å². The molecule has 3 rings (SSSR count). The number of quaternary nitrogens is 1. The van der Waals surface area contributed by atoms with Gasteiger partial charge in [0.05, 0.1) is 37.6 Å². The van der Waals surface area contributed by atoms with Gasteiger partial charge in [-0.1, -0.05) is 6.07 Å². The number of hydrogen-bond donors (Lipinski definition) is 1. The number of benzene rings is 1. The summed E-state index contributed by atoms with van der Waals surface area (Å²) in [6.45, 7) is 8.62. The minimum Gasteiger partial charge on any atom is -0.464 e. The number of aryl methyl sites for hydroxylation is 3. The van der Waals surface area contributed by atoms with E-state index in [1.165, 1.54) is 4.31 Å². The molecule has 29 heavy (non-hydrogen) atoms. The van der Waals surface area contributed by atoms with E-state index in [0.717, 1.165) is 27.5 Å². The molecular formula is C21H30N3O4S+. The first kappa shape index (κ1) is 21.5. The van der Waals surface area contributed by atoms with Gasteiger partial charge in [-0.25, -0.2) is 8.42 Å². The number of carbonyl (C=O) groups excluding carboxylic acids is 1. The number of furan rings is 1. The number of hydrogen-bond acceptors (Lipinski definition) is 4. The highest BCUT2D eigenvalue weighted by molar-refractivity contribution is 7.89. The van der Waals surface area contributed by atoms with Gasteiger partial charge in [0.1, 0.15) is 11.5 Å². The molecule has 0 bridgehead atoms. The average Bonchev–Trinajstić information content (AvgIpc) is 3.09. The van der Waals surface area contributed by atoms with Gasteiger partial charge in [0, 0.05) is 7.05 Å². The molecule has 0 aliphatic carbocycles. The van der Waals surface area contributed by atoms with Gasteiger partial charge in [0.2, 0.25) is 10.0 Å². The highest BCUT2D eigenvalue weighted by atomic mass is 32.2. The Hall–Kier alpha value is -2.16. The molecule has 1 N–H and O–H groups in total. The van der Waals surface area contributed by atoms with Gasteiger partial charge in [-0.3, -0.25) is 4.79 Å². The Kier molecular flexibility index (Phi) is 6.45. The van der Waals surface area contributed by atoms with E-state index < -0.39 is 10.0 Å². The van der Waals surface area contributed by atoms with Crippen molar-refractivity contribution in [2.75, 3.05) is 39.8 Å². The van der Waals surface area contributed by atoms with Crippen LogP contribution in [0.25, 0.3) is 0 Å². The van der Waals surface area contributed by atoms with E-state index in [2.05, 4.69) is 0 Å². The van der Waals surface area contributed by atoms with Crippen LogP contribution in [0.1, 0.15) is 22.6 Å². The van der Waals surface area contributed by atoms with E-state index >= 15 is 0 Å². The lowest BCUT2D eigenvalue weighted by Crippen LogP contribution is -3.15. The molecule has 0 radical (unpaired) electrons. The highest BCUT2D eigenvalue weighted by Crippen LogP contribution is 2.19. The maximum atomic E-state index is 12.9. The summed E-state index contributed by atoms with van der Waals surface area (Å²) in [6.07, 6.45) is 0. The highest BCUT2D eigenvalue weighted by Gasteiger charge is 2.31. The zero-order valence-electron chi connectivity index (χ0n) is 17.6. The molecule has 1 fully saturated rings. The van der Waals surface area contributed by atoms with Crippen molar-refractivity contribution < 1.29 is 22.5 Å². The molecule has 1 aliphatic heterocycles. The second-order valence-corrected chi connectivity index (χ2v) is 9.78. The van der Waals surface area contributed by atoms with Crippen LogP contribution in [0.2, 0.25) is 0 Å². The molecule has 0 unspecified atom stereocenters. The summed E-state index contributed by atoms with van der Waals surface area (Å²) in [5, 5.41) is 0. The predicted octanol–water partition coefficient (Wildman–Crippen LogP) is 0.753. The van der Waals surface area contributed by atoms with Crippen LogP contribution in [0.4, 0.5) is 0 Å². The van der Waals surface area contributed by atoms with Crippen molar-refractivity contribution in [3.05, 3.63) is 53.0 Å². The fourth-order valence-corrected chi connectivity index (χ4v) is 5.01. The van der Waals surface area contributed by atoms with E-state index in [1.54, 1.807) is 24.1 Å². The Morgan fingerprint density at radius 3 is 2.38 bits per heavy atom. The van der Waals surface area contributed by atoms with Gasteiger partial charge in [0.15, 0.2) is 6.54 Å². The summed E-state index contributed by atoms with van der Waals surface area (Å²) < 4.78 is 32.9. The summed E-state index contributed by atoms with van der Waals surface area (Å²) in [6, 6.07) is 9.01. The molecule has 1 aromatic carbocycles. The van der Waals surface area contributed by atoms with Crippen LogP contribution in [-0.4, -0.2) is 63.3 Å². The van der Waals surface area contributed by atoms with E-state index in [0.29, 0.717) is 44.2 Å². The van der Waals surface area contributed by atoms with Gasteiger partial charge < -0.3 is 14.2 Å². The summed E-state index contributed by atoms with van der Waals surface area (Å²) in [5.74, 6) is 1.62. The molecule has 2 heterocycles. The number of carbonyl (C=O) groups is 1. The van der Waals surface area contributed by atoms with Crippen LogP contribution >= 0.6 is 0 Å². The van der Waals surface area contributed by atoms with Gasteiger partial charge in [-0.05, 0) is 56.2 Å². The minimum absolute atomic E-state index is 0.0273. The van der Waals surface area contributed by atoms with E-state index in [9.17, 15) is 13.2 Å². The quantitative estimate of drug-likeness (QED) is 0.749. The van der Waals surface area contributed by atoms with Crippen LogP contribution in [0.5, 0.6) is 0 Å². The minimum atomic E-state index is -3.50. The summed E-state index contributed by atoms with van der Waals surface area (Å²) in [7, 11) is -1.73. The molecule has 0 spiro atoms. The summed E-state index contributed by atoms with van der Waals surface area (Å²) in [4.78, 5) is 15.6. The zero-order valence-corrected chi connectivity index (χ0v) is 18.4. The monoisotopic (exact) mass is 420 g/mol. The first-order valence-electron chi connectivity index (χ1n) is 9.87.